The van der Waals surface area contributed by atoms with Crippen molar-refractivity contribution in [1.82, 2.24) is 10.2 Å². The van der Waals surface area contributed by atoms with E-state index in [0.29, 0.717) is 12.2 Å². The third-order valence-corrected chi connectivity index (χ3v) is 6.32. The van der Waals surface area contributed by atoms with E-state index in [4.69, 9.17) is 4.74 Å². The van der Waals surface area contributed by atoms with Gasteiger partial charge in [0.1, 0.15) is 11.6 Å². The Morgan fingerprint density at radius 3 is 2.47 bits per heavy atom. The van der Waals surface area contributed by atoms with Crippen LogP contribution in [0.5, 0.6) is 5.75 Å². The van der Waals surface area contributed by atoms with Crippen LogP contribution in [0.3, 0.4) is 0 Å². The fourth-order valence-electron chi connectivity index (χ4n) is 4.39. The van der Waals surface area contributed by atoms with Crippen LogP contribution in [0.4, 0.5) is 4.39 Å². The van der Waals surface area contributed by atoms with Crippen LogP contribution < -0.4 is 10.1 Å². The molecule has 1 atom stereocenters. The molecule has 1 saturated carbocycles. The fraction of sp³-hybridized carbons (Fsp3) is 0.480. The van der Waals surface area contributed by atoms with Crippen molar-refractivity contribution in [3.8, 4) is 5.75 Å². The predicted molar refractivity (Wildman–Crippen MR) is 118 cm³/mol. The highest BCUT2D eigenvalue weighted by atomic mass is 19.1. The predicted octanol–water partition coefficient (Wildman–Crippen LogP) is 4.59. The maximum atomic E-state index is 13.6. The van der Waals surface area contributed by atoms with Crippen LogP contribution in [-0.2, 0) is 11.2 Å². The summed E-state index contributed by atoms with van der Waals surface area (Å²) < 4.78 is 19.5. The molecule has 1 unspecified atom stereocenters. The van der Waals surface area contributed by atoms with Crippen molar-refractivity contribution in [2.24, 2.45) is 0 Å². The number of hydrogen-bond donors (Lipinski definition) is 1. The maximum Gasteiger partial charge on any atom is 0.261 e. The number of carbonyl (C=O) groups excluding carboxylic acids is 1. The van der Waals surface area contributed by atoms with E-state index >= 15 is 0 Å². The first-order valence-corrected chi connectivity index (χ1v) is 10.9. The van der Waals surface area contributed by atoms with E-state index in [9.17, 15) is 9.18 Å². The molecule has 2 aromatic carbocycles. The van der Waals surface area contributed by atoms with Gasteiger partial charge in [0.2, 0.25) is 0 Å². The zero-order valence-electron chi connectivity index (χ0n) is 18.2. The zero-order valence-corrected chi connectivity index (χ0v) is 18.2. The first kappa shape index (κ1) is 22.3. The van der Waals surface area contributed by atoms with Gasteiger partial charge in [0.15, 0.2) is 6.10 Å². The molecule has 1 amide bonds. The van der Waals surface area contributed by atoms with Gasteiger partial charge < -0.3 is 15.0 Å². The van der Waals surface area contributed by atoms with Gasteiger partial charge in [-0.25, -0.2) is 4.39 Å². The van der Waals surface area contributed by atoms with Crippen molar-refractivity contribution >= 4 is 5.91 Å². The molecule has 162 valence electrons. The molecule has 1 aliphatic carbocycles. The van der Waals surface area contributed by atoms with E-state index in [1.165, 1.54) is 6.07 Å². The molecule has 1 aliphatic rings. The lowest BCUT2D eigenvalue weighted by molar-refractivity contribution is -0.129. The lowest BCUT2D eigenvalue weighted by Crippen LogP contribution is -2.53. The van der Waals surface area contributed by atoms with E-state index in [-0.39, 0.29) is 23.3 Å². The quantitative estimate of drug-likeness (QED) is 0.690. The Morgan fingerprint density at radius 1 is 1.17 bits per heavy atom. The van der Waals surface area contributed by atoms with Crippen molar-refractivity contribution in [2.75, 3.05) is 14.1 Å². The first-order chi connectivity index (χ1) is 14.4. The monoisotopic (exact) mass is 412 g/mol. The lowest BCUT2D eigenvalue weighted by atomic mass is 9.74. The first-order valence-electron chi connectivity index (χ1n) is 10.9. The summed E-state index contributed by atoms with van der Waals surface area (Å²) in [5.41, 5.74) is 1.01. The van der Waals surface area contributed by atoms with Gasteiger partial charge in [0.05, 0.1) is 0 Å². The normalized spacial score (nSPS) is 22.5. The van der Waals surface area contributed by atoms with Crippen LogP contribution in [0.1, 0.15) is 44.6 Å². The SMILES string of the molecule is CCC(Oc1ccccc1)C(=O)NC1CCC(Cc2cccc(F)c2)(N(C)C)CC1. The summed E-state index contributed by atoms with van der Waals surface area (Å²) in [6.07, 6.45) is 4.67. The summed E-state index contributed by atoms with van der Waals surface area (Å²) in [7, 11) is 4.19. The van der Waals surface area contributed by atoms with Crippen LogP contribution in [0.2, 0.25) is 0 Å². The molecule has 2 aromatic rings. The molecule has 0 radical (unpaired) electrons. The number of ether oxygens (including phenoxy) is 1. The van der Waals surface area contributed by atoms with Crippen LogP contribution in [-0.4, -0.2) is 42.6 Å². The number of nitrogens with one attached hydrogen (secondary N) is 1. The summed E-state index contributed by atoms with van der Waals surface area (Å²) in [6.45, 7) is 1.96. The fourth-order valence-corrected chi connectivity index (χ4v) is 4.39. The minimum atomic E-state index is -0.486. The second-order valence-corrected chi connectivity index (χ2v) is 8.54. The van der Waals surface area contributed by atoms with Crippen LogP contribution in [0.25, 0.3) is 0 Å². The smallest absolute Gasteiger partial charge is 0.261 e. The topological polar surface area (TPSA) is 41.6 Å². The number of hydrogen-bond acceptors (Lipinski definition) is 3. The van der Waals surface area contributed by atoms with E-state index in [0.717, 1.165) is 37.7 Å². The highest BCUT2D eigenvalue weighted by Gasteiger charge is 2.38. The third kappa shape index (κ3) is 5.60. The van der Waals surface area contributed by atoms with E-state index in [2.05, 4.69) is 24.3 Å². The van der Waals surface area contributed by atoms with Gasteiger partial charge >= 0.3 is 0 Å². The van der Waals surface area contributed by atoms with Gasteiger partial charge in [-0.15, -0.1) is 0 Å². The standard InChI is InChI=1S/C25H33FN2O2/c1-4-23(30-22-11-6-5-7-12-22)24(29)27-21-13-15-25(16-14-21,28(2)3)18-19-9-8-10-20(26)17-19/h5-12,17,21,23H,4,13-16,18H2,1-3H3,(H,27,29). The minimum Gasteiger partial charge on any atom is -0.481 e. The number of para-hydroxylation sites is 1. The molecule has 4 nitrogen and oxygen atoms in total. The number of likely N-dealkylation sites (N-methyl/N-ethyl adjacent to an activating group) is 1. The molecule has 1 fully saturated rings. The number of amides is 1. The third-order valence-electron chi connectivity index (χ3n) is 6.32. The highest BCUT2D eigenvalue weighted by molar-refractivity contribution is 5.81. The summed E-state index contributed by atoms with van der Waals surface area (Å²) in [6, 6.07) is 16.5. The average molecular weight is 413 g/mol. The van der Waals surface area contributed by atoms with Crippen LogP contribution in [0, 0.1) is 5.82 Å². The summed E-state index contributed by atoms with van der Waals surface area (Å²) in [4.78, 5) is 15.0. The highest BCUT2D eigenvalue weighted by Crippen LogP contribution is 2.35. The summed E-state index contributed by atoms with van der Waals surface area (Å²) >= 11 is 0. The van der Waals surface area contributed by atoms with Crippen molar-refractivity contribution in [1.29, 1.82) is 0 Å². The van der Waals surface area contributed by atoms with Crippen LogP contribution in [0.15, 0.2) is 54.6 Å². The Kier molecular flexibility index (Phi) is 7.48. The molecular formula is C25H33FN2O2. The van der Waals surface area contributed by atoms with E-state index < -0.39 is 6.10 Å². The molecule has 3 rings (SSSR count). The molecule has 0 spiro atoms. The Bertz CT molecular complexity index is 817. The molecule has 0 bridgehead atoms. The largest absolute Gasteiger partial charge is 0.481 e. The summed E-state index contributed by atoms with van der Waals surface area (Å²) in [5.74, 6) is 0.477. The van der Waals surface area contributed by atoms with Gasteiger partial charge in [-0.05, 0) is 82.4 Å². The number of benzene rings is 2. The molecule has 5 heteroatoms. The second kappa shape index (κ2) is 10.1. The Labute approximate surface area is 179 Å². The molecule has 0 aromatic heterocycles. The molecular weight excluding hydrogens is 379 g/mol. The molecule has 0 aliphatic heterocycles. The maximum absolute atomic E-state index is 13.6. The van der Waals surface area contributed by atoms with Crippen molar-refractivity contribution in [3.05, 3.63) is 66.0 Å². The van der Waals surface area contributed by atoms with Gasteiger partial charge in [-0.3, -0.25) is 4.79 Å². The number of carbonyl (C=O) groups is 1. The minimum absolute atomic E-state index is 0.0142. The number of nitrogens with zero attached hydrogens (tertiary/aromatic N) is 1. The Balaban J connectivity index is 1.58. The lowest BCUT2D eigenvalue weighted by Gasteiger charge is -2.45. The Hall–Kier alpha value is -2.40. The van der Waals surface area contributed by atoms with E-state index in [1.54, 1.807) is 12.1 Å². The van der Waals surface area contributed by atoms with Gasteiger partial charge in [-0.2, -0.15) is 0 Å². The van der Waals surface area contributed by atoms with E-state index in [1.807, 2.05) is 43.3 Å². The molecule has 30 heavy (non-hydrogen) atoms. The molecule has 0 heterocycles. The van der Waals surface area contributed by atoms with Crippen molar-refractivity contribution in [2.45, 2.75) is 63.1 Å². The second-order valence-electron chi connectivity index (χ2n) is 8.54. The summed E-state index contributed by atoms with van der Waals surface area (Å²) in [5, 5.41) is 3.20. The van der Waals surface area contributed by atoms with Crippen molar-refractivity contribution in [3.63, 3.8) is 0 Å². The molecule has 0 saturated heterocycles. The zero-order chi connectivity index (χ0) is 21.6. The molecule has 1 N–H and O–H groups in total. The number of rotatable bonds is 8. The number of halogens is 1. The Morgan fingerprint density at radius 2 is 1.87 bits per heavy atom. The van der Waals surface area contributed by atoms with Crippen LogP contribution >= 0.6 is 0 Å². The average Bonchev–Trinajstić information content (AvgIpc) is 2.74. The van der Waals surface area contributed by atoms with Crippen molar-refractivity contribution < 1.29 is 13.9 Å². The van der Waals surface area contributed by atoms with Gasteiger partial charge in [0.25, 0.3) is 5.91 Å². The van der Waals surface area contributed by atoms with Gasteiger partial charge in [-0.1, -0.05) is 37.3 Å². The van der Waals surface area contributed by atoms with Gasteiger partial charge in [0, 0.05) is 11.6 Å².